The number of carbonyl (C=O) groups is 2. The Balaban J connectivity index is 1.72. The summed E-state index contributed by atoms with van der Waals surface area (Å²) in [5.41, 5.74) is 6.05. The van der Waals surface area contributed by atoms with E-state index in [-0.39, 0.29) is 18.2 Å². The lowest BCUT2D eigenvalue weighted by atomic mass is 9.55. The summed E-state index contributed by atoms with van der Waals surface area (Å²) >= 11 is 0. The third-order valence-corrected chi connectivity index (χ3v) is 8.67. The highest BCUT2D eigenvalue weighted by atomic mass is 16.5. The molecule has 5 rings (SSSR count). The van der Waals surface area contributed by atoms with Gasteiger partial charge in [0.25, 0.3) is 5.91 Å². The molecular weight excluding hydrogens is 380 g/mol. The minimum absolute atomic E-state index is 0.0883. The Morgan fingerprint density at radius 2 is 2.10 bits per heavy atom. The van der Waals surface area contributed by atoms with Gasteiger partial charge in [0.1, 0.15) is 23.2 Å². The molecule has 1 saturated heterocycles. The number of likely N-dealkylation sites (N-methyl/N-ethyl adjacent to an activating group) is 1. The zero-order valence-corrected chi connectivity index (χ0v) is 18.2. The maximum Gasteiger partial charge on any atom is 0.252 e. The fourth-order valence-corrected chi connectivity index (χ4v) is 7.39. The van der Waals surface area contributed by atoms with Crippen molar-refractivity contribution in [3.05, 3.63) is 28.8 Å². The number of carbonyl (C=O) groups excluding carboxylic acids is 2. The Hall–Kier alpha value is -1.92. The summed E-state index contributed by atoms with van der Waals surface area (Å²) < 4.78 is 6.63. The van der Waals surface area contributed by atoms with Crippen molar-refractivity contribution in [1.82, 2.24) is 0 Å². The molecule has 0 aromatic heterocycles. The third kappa shape index (κ3) is 2.56. The molecule has 30 heavy (non-hydrogen) atoms. The first kappa shape index (κ1) is 20.0. The lowest BCUT2D eigenvalue weighted by Gasteiger charge is -2.63. The van der Waals surface area contributed by atoms with E-state index in [2.05, 4.69) is 7.05 Å². The maximum atomic E-state index is 12.7. The van der Waals surface area contributed by atoms with Crippen molar-refractivity contribution in [1.29, 1.82) is 0 Å². The van der Waals surface area contributed by atoms with Gasteiger partial charge in [0.05, 0.1) is 38.7 Å². The molecule has 1 aromatic rings. The van der Waals surface area contributed by atoms with Crippen molar-refractivity contribution >= 4 is 11.7 Å². The molecule has 5 atom stereocenters. The van der Waals surface area contributed by atoms with Crippen LogP contribution in [0.5, 0.6) is 5.75 Å². The average molecular weight is 414 g/mol. The first-order chi connectivity index (χ1) is 14.1. The molecule has 162 valence electrons. The third-order valence-electron chi connectivity index (χ3n) is 8.67. The van der Waals surface area contributed by atoms with Crippen molar-refractivity contribution in [2.45, 2.75) is 62.5 Å². The summed E-state index contributed by atoms with van der Waals surface area (Å²) in [5, 5.41) is 12.5. The molecule has 6 nitrogen and oxygen atoms in total. The van der Waals surface area contributed by atoms with Gasteiger partial charge in [-0.3, -0.25) is 9.59 Å². The predicted octanol–water partition coefficient (Wildman–Crippen LogP) is 1.95. The minimum atomic E-state index is -1.03. The molecule has 6 heteroatoms. The molecule has 0 bridgehead atoms. The molecule has 3 aliphatic carbocycles. The Kier molecular flexibility index (Phi) is 4.20. The number of ether oxygens (including phenoxy) is 1. The van der Waals surface area contributed by atoms with E-state index in [4.69, 9.17) is 10.5 Å². The number of amides is 1. The van der Waals surface area contributed by atoms with E-state index in [9.17, 15) is 14.7 Å². The number of hydrogen-bond donors (Lipinski definition) is 2. The van der Waals surface area contributed by atoms with Crippen LogP contribution in [-0.4, -0.2) is 60.2 Å². The molecule has 4 aliphatic rings. The lowest BCUT2D eigenvalue weighted by Crippen LogP contribution is -2.80. The van der Waals surface area contributed by atoms with Crippen molar-refractivity contribution in [2.24, 2.45) is 17.6 Å². The molecule has 2 saturated carbocycles. The summed E-state index contributed by atoms with van der Waals surface area (Å²) in [6.45, 7) is 4.17. The van der Waals surface area contributed by atoms with Gasteiger partial charge in [-0.1, -0.05) is 13.0 Å². The van der Waals surface area contributed by atoms with Crippen molar-refractivity contribution in [3.8, 4) is 5.75 Å². The van der Waals surface area contributed by atoms with E-state index in [0.29, 0.717) is 30.1 Å². The Morgan fingerprint density at radius 3 is 2.73 bits per heavy atom. The molecule has 3 fully saturated rings. The number of Topliss-reactive ketones (excluding diaryl/α,β-unsaturated/α-hetero) is 1. The van der Waals surface area contributed by atoms with Gasteiger partial charge in [-0.25, -0.2) is 0 Å². The van der Waals surface area contributed by atoms with Crippen molar-refractivity contribution < 1.29 is 23.9 Å². The lowest BCUT2D eigenvalue weighted by molar-refractivity contribution is -0.993. The van der Waals surface area contributed by atoms with Crippen LogP contribution in [0, 0.1) is 11.8 Å². The highest BCUT2D eigenvalue weighted by molar-refractivity contribution is 5.96. The molecule has 3 unspecified atom stereocenters. The van der Waals surface area contributed by atoms with Crippen LogP contribution in [0.15, 0.2) is 12.1 Å². The summed E-state index contributed by atoms with van der Waals surface area (Å²) in [6.07, 6.45) is 4.55. The number of primary amides is 1. The number of aliphatic hydroxyl groups is 1. The minimum Gasteiger partial charge on any atom is -0.496 e. The first-order valence-corrected chi connectivity index (χ1v) is 11.2. The monoisotopic (exact) mass is 413 g/mol. The largest absolute Gasteiger partial charge is 0.496 e. The quantitative estimate of drug-likeness (QED) is 0.739. The second-order valence-electron chi connectivity index (χ2n) is 10.7. The summed E-state index contributed by atoms with van der Waals surface area (Å²) in [4.78, 5) is 24.9. The summed E-state index contributed by atoms with van der Waals surface area (Å²) in [6, 6.07) is 3.80. The number of ketones is 1. The standard InChI is InChI=1S/C24H32N2O4/c1-23-11-17(27)8-9-24(23,29)21-16(13-26(21,2)12-14-4-5-14)10-15-6-7-18(22(25)28)20(30-3)19(15)23/h6-7,14,16,21,29H,4-5,8-13H2,1-3H3,(H-,25,28)/p+1/t16?,21-,23?,24-,26?/m1/s1. The van der Waals surface area contributed by atoms with E-state index in [1.54, 1.807) is 13.2 Å². The van der Waals surface area contributed by atoms with Gasteiger partial charge in [0.15, 0.2) is 0 Å². The topological polar surface area (TPSA) is 89.6 Å². The number of rotatable bonds is 4. The van der Waals surface area contributed by atoms with Crippen LogP contribution in [-0.2, 0) is 16.6 Å². The van der Waals surface area contributed by atoms with Gasteiger partial charge in [0.2, 0.25) is 0 Å². The molecule has 0 spiro atoms. The maximum absolute atomic E-state index is 12.7. The molecule has 1 amide bonds. The van der Waals surface area contributed by atoms with Crippen molar-refractivity contribution in [3.63, 3.8) is 0 Å². The van der Waals surface area contributed by atoms with Crippen molar-refractivity contribution in [2.75, 3.05) is 27.2 Å². The van der Waals surface area contributed by atoms with Gasteiger partial charge in [-0.15, -0.1) is 0 Å². The molecule has 1 aromatic carbocycles. The van der Waals surface area contributed by atoms with Crippen LogP contribution >= 0.6 is 0 Å². The number of nitrogens with two attached hydrogens (primary N) is 1. The van der Waals surface area contributed by atoms with Crippen LogP contribution < -0.4 is 10.5 Å². The van der Waals surface area contributed by atoms with E-state index in [1.807, 2.05) is 13.0 Å². The number of quaternary nitrogens is 1. The number of fused-ring (bicyclic) bond motifs is 5. The predicted molar refractivity (Wildman–Crippen MR) is 112 cm³/mol. The van der Waals surface area contributed by atoms with Gasteiger partial charge in [-0.2, -0.15) is 0 Å². The van der Waals surface area contributed by atoms with Gasteiger partial charge in [0, 0.05) is 29.7 Å². The SMILES string of the molecule is COc1c(C(N)=O)ccc2c1C1(C)CC(=O)CC[C@@]1(O)[C@H]1C(C2)C[N+]1(C)CC1CC1. The van der Waals surface area contributed by atoms with Crippen LogP contribution in [0.4, 0.5) is 0 Å². The van der Waals surface area contributed by atoms with Gasteiger partial charge in [-0.05, 0) is 37.3 Å². The van der Waals surface area contributed by atoms with Crippen LogP contribution in [0.2, 0.25) is 0 Å². The molecule has 1 aliphatic heterocycles. The summed E-state index contributed by atoms with van der Waals surface area (Å²) in [5.74, 6) is 1.17. The van der Waals surface area contributed by atoms with E-state index in [0.717, 1.165) is 41.0 Å². The second kappa shape index (κ2) is 6.30. The van der Waals surface area contributed by atoms with E-state index in [1.165, 1.54) is 12.8 Å². The van der Waals surface area contributed by atoms with Gasteiger partial charge >= 0.3 is 0 Å². The zero-order chi connectivity index (χ0) is 21.5. The summed E-state index contributed by atoms with van der Waals surface area (Å²) in [7, 11) is 3.83. The fourth-order valence-electron chi connectivity index (χ4n) is 7.39. The number of methoxy groups -OCH3 is 1. The van der Waals surface area contributed by atoms with E-state index >= 15 is 0 Å². The van der Waals surface area contributed by atoms with Gasteiger partial charge < -0.3 is 20.1 Å². The van der Waals surface area contributed by atoms with Crippen LogP contribution in [0.1, 0.15) is 60.5 Å². The molecule has 1 heterocycles. The Morgan fingerprint density at radius 1 is 1.37 bits per heavy atom. The van der Waals surface area contributed by atoms with Crippen LogP contribution in [0.3, 0.4) is 0 Å². The van der Waals surface area contributed by atoms with E-state index < -0.39 is 16.9 Å². The Labute approximate surface area is 178 Å². The Bertz CT molecular complexity index is 941. The number of hydrogen-bond acceptors (Lipinski definition) is 4. The number of likely N-dealkylation sites (tertiary alicyclic amines) is 1. The average Bonchev–Trinajstić information content (AvgIpc) is 3.47. The first-order valence-electron chi connectivity index (χ1n) is 11.2. The molecule has 3 N–H and O–H groups in total. The molecular formula is C24H33N2O4+. The van der Waals surface area contributed by atoms with Crippen LogP contribution in [0.25, 0.3) is 0 Å². The number of benzene rings is 1. The second-order valence-corrected chi connectivity index (χ2v) is 10.7. The smallest absolute Gasteiger partial charge is 0.252 e. The number of nitrogens with zero attached hydrogens (tertiary/aromatic N) is 1. The highest BCUT2D eigenvalue weighted by Crippen LogP contribution is 2.60. The normalized spacial score (nSPS) is 39.8. The zero-order valence-electron chi connectivity index (χ0n) is 18.2. The highest BCUT2D eigenvalue weighted by Gasteiger charge is 2.71. The molecule has 0 radical (unpaired) electrons. The fraction of sp³-hybridized carbons (Fsp3) is 0.667.